The van der Waals surface area contributed by atoms with Crippen LogP contribution in [0, 0.1) is 3.57 Å². The average Bonchev–Trinajstić information content (AvgIpc) is 2.63. The summed E-state index contributed by atoms with van der Waals surface area (Å²) in [7, 11) is 0. The molecule has 1 aliphatic rings. The summed E-state index contributed by atoms with van der Waals surface area (Å²) in [6, 6.07) is 0. The molecule has 1 aromatic heterocycles. The molecule has 0 radical (unpaired) electrons. The highest BCUT2D eigenvalue weighted by Crippen LogP contribution is 2.26. The number of rotatable bonds is 2. The van der Waals surface area contributed by atoms with Gasteiger partial charge in [-0.05, 0) is 29.0 Å². The van der Waals surface area contributed by atoms with E-state index in [0.29, 0.717) is 13.0 Å². The standard InChI is InChI=1S/C9H11IN4O2/c10-6-3-12-5-13-7(6)14-2-1-9(11,4-14)8(15)16/h3,5H,1-2,4,11H2,(H,15,16). The molecular formula is C9H11IN4O2. The van der Waals surface area contributed by atoms with E-state index in [1.807, 2.05) is 4.90 Å². The van der Waals surface area contributed by atoms with Gasteiger partial charge in [0, 0.05) is 19.3 Å². The Bertz CT molecular complexity index is 428. The number of halogens is 1. The van der Waals surface area contributed by atoms with Gasteiger partial charge in [-0.2, -0.15) is 0 Å². The van der Waals surface area contributed by atoms with Crippen molar-refractivity contribution >= 4 is 34.4 Å². The van der Waals surface area contributed by atoms with Gasteiger partial charge in [0.1, 0.15) is 17.7 Å². The number of anilines is 1. The van der Waals surface area contributed by atoms with E-state index in [0.717, 1.165) is 9.39 Å². The van der Waals surface area contributed by atoms with Gasteiger partial charge in [0.05, 0.1) is 3.57 Å². The Morgan fingerprint density at radius 1 is 1.69 bits per heavy atom. The molecule has 1 atom stereocenters. The predicted molar refractivity (Wildman–Crippen MR) is 66.1 cm³/mol. The lowest BCUT2D eigenvalue weighted by molar-refractivity contribution is -0.142. The van der Waals surface area contributed by atoms with Crippen LogP contribution in [0.25, 0.3) is 0 Å². The number of carboxylic acids is 1. The monoisotopic (exact) mass is 334 g/mol. The van der Waals surface area contributed by atoms with Crippen LogP contribution in [-0.2, 0) is 4.79 Å². The Morgan fingerprint density at radius 2 is 2.44 bits per heavy atom. The van der Waals surface area contributed by atoms with E-state index >= 15 is 0 Å². The highest BCUT2D eigenvalue weighted by Gasteiger charge is 2.42. The van der Waals surface area contributed by atoms with Gasteiger partial charge in [-0.25, -0.2) is 9.97 Å². The third kappa shape index (κ3) is 1.96. The van der Waals surface area contributed by atoms with Crippen LogP contribution in [0.2, 0.25) is 0 Å². The van der Waals surface area contributed by atoms with E-state index in [4.69, 9.17) is 10.8 Å². The fourth-order valence-electron chi connectivity index (χ4n) is 1.73. The van der Waals surface area contributed by atoms with E-state index in [1.165, 1.54) is 6.33 Å². The van der Waals surface area contributed by atoms with E-state index in [2.05, 4.69) is 32.6 Å². The molecular weight excluding hydrogens is 323 g/mol. The first-order valence-corrected chi connectivity index (χ1v) is 5.83. The highest BCUT2D eigenvalue weighted by molar-refractivity contribution is 14.1. The molecule has 1 fully saturated rings. The van der Waals surface area contributed by atoms with Crippen molar-refractivity contribution in [1.29, 1.82) is 0 Å². The number of aliphatic carboxylic acids is 1. The van der Waals surface area contributed by atoms with E-state index < -0.39 is 11.5 Å². The molecule has 0 amide bonds. The summed E-state index contributed by atoms with van der Waals surface area (Å²) in [5.74, 6) is -0.205. The fourth-order valence-corrected chi connectivity index (χ4v) is 2.37. The summed E-state index contributed by atoms with van der Waals surface area (Å²) in [6.07, 6.45) is 3.58. The van der Waals surface area contributed by atoms with Gasteiger partial charge in [0.15, 0.2) is 0 Å². The smallest absolute Gasteiger partial charge is 0.325 e. The molecule has 7 heteroatoms. The molecule has 1 saturated heterocycles. The van der Waals surface area contributed by atoms with Crippen LogP contribution in [0.3, 0.4) is 0 Å². The molecule has 0 aromatic carbocycles. The molecule has 86 valence electrons. The Kier molecular flexibility index (Phi) is 2.98. The van der Waals surface area contributed by atoms with Crippen molar-refractivity contribution in [3.63, 3.8) is 0 Å². The summed E-state index contributed by atoms with van der Waals surface area (Å²) in [5.41, 5.74) is 4.63. The maximum atomic E-state index is 11.0. The fraction of sp³-hybridized carbons (Fsp3) is 0.444. The van der Waals surface area contributed by atoms with Crippen molar-refractivity contribution in [2.75, 3.05) is 18.0 Å². The second kappa shape index (κ2) is 4.13. The minimum atomic E-state index is -1.16. The first-order valence-electron chi connectivity index (χ1n) is 4.76. The Balaban J connectivity index is 2.22. The summed E-state index contributed by atoms with van der Waals surface area (Å²) in [6.45, 7) is 0.894. The van der Waals surface area contributed by atoms with Crippen LogP contribution >= 0.6 is 22.6 Å². The molecule has 16 heavy (non-hydrogen) atoms. The topological polar surface area (TPSA) is 92.3 Å². The number of carboxylic acid groups (broad SMARTS) is 1. The van der Waals surface area contributed by atoms with E-state index in [9.17, 15) is 4.79 Å². The first-order chi connectivity index (χ1) is 7.53. The van der Waals surface area contributed by atoms with Crippen molar-refractivity contribution in [2.24, 2.45) is 5.73 Å². The molecule has 1 unspecified atom stereocenters. The minimum absolute atomic E-state index is 0.287. The Hall–Kier alpha value is -0.960. The van der Waals surface area contributed by atoms with Gasteiger partial charge in [-0.1, -0.05) is 0 Å². The second-order valence-electron chi connectivity index (χ2n) is 3.83. The summed E-state index contributed by atoms with van der Waals surface area (Å²) in [5, 5.41) is 9.02. The van der Waals surface area contributed by atoms with Crippen molar-refractivity contribution in [1.82, 2.24) is 9.97 Å². The summed E-state index contributed by atoms with van der Waals surface area (Å²) >= 11 is 2.12. The lowest BCUT2D eigenvalue weighted by Gasteiger charge is -2.21. The molecule has 0 aliphatic carbocycles. The minimum Gasteiger partial charge on any atom is -0.480 e. The normalized spacial score (nSPS) is 24.8. The van der Waals surface area contributed by atoms with E-state index in [-0.39, 0.29) is 6.54 Å². The molecule has 0 spiro atoms. The molecule has 2 rings (SSSR count). The average molecular weight is 334 g/mol. The lowest BCUT2D eigenvalue weighted by Crippen LogP contribution is -2.50. The van der Waals surface area contributed by atoms with Crippen LogP contribution in [0.4, 0.5) is 5.82 Å². The Labute approximate surface area is 106 Å². The van der Waals surface area contributed by atoms with Crippen LogP contribution in [0.5, 0.6) is 0 Å². The van der Waals surface area contributed by atoms with Crippen molar-refractivity contribution < 1.29 is 9.90 Å². The number of hydrogen-bond donors (Lipinski definition) is 2. The highest BCUT2D eigenvalue weighted by atomic mass is 127. The number of nitrogens with two attached hydrogens (primary N) is 1. The molecule has 1 aromatic rings. The number of aromatic nitrogens is 2. The molecule has 0 saturated carbocycles. The van der Waals surface area contributed by atoms with Gasteiger partial charge in [-0.3, -0.25) is 4.79 Å². The van der Waals surface area contributed by atoms with Crippen LogP contribution in [0.15, 0.2) is 12.5 Å². The quantitative estimate of drug-likeness (QED) is 0.744. The van der Waals surface area contributed by atoms with Gasteiger partial charge in [0.2, 0.25) is 0 Å². The van der Waals surface area contributed by atoms with E-state index in [1.54, 1.807) is 6.20 Å². The summed E-state index contributed by atoms with van der Waals surface area (Å²) < 4.78 is 0.898. The molecule has 3 N–H and O–H groups in total. The zero-order valence-corrected chi connectivity index (χ0v) is 10.6. The zero-order valence-electron chi connectivity index (χ0n) is 8.43. The van der Waals surface area contributed by atoms with Crippen LogP contribution in [0.1, 0.15) is 6.42 Å². The third-order valence-corrected chi connectivity index (χ3v) is 3.44. The first kappa shape index (κ1) is 11.5. The third-order valence-electron chi connectivity index (χ3n) is 2.67. The van der Waals surface area contributed by atoms with Crippen molar-refractivity contribution in [3.8, 4) is 0 Å². The van der Waals surface area contributed by atoms with Crippen molar-refractivity contribution in [3.05, 3.63) is 16.1 Å². The van der Waals surface area contributed by atoms with Gasteiger partial charge in [-0.15, -0.1) is 0 Å². The molecule has 0 bridgehead atoms. The van der Waals surface area contributed by atoms with Crippen LogP contribution in [-0.4, -0.2) is 39.7 Å². The maximum absolute atomic E-state index is 11.0. The molecule has 2 heterocycles. The maximum Gasteiger partial charge on any atom is 0.325 e. The SMILES string of the molecule is NC1(C(=O)O)CCN(c2ncncc2I)C1. The van der Waals surface area contributed by atoms with Gasteiger partial charge in [0.25, 0.3) is 0 Å². The summed E-state index contributed by atoms with van der Waals surface area (Å²) in [4.78, 5) is 20.9. The number of carbonyl (C=O) groups is 1. The number of nitrogens with zero attached hydrogens (tertiary/aromatic N) is 3. The molecule has 6 nitrogen and oxygen atoms in total. The second-order valence-corrected chi connectivity index (χ2v) is 4.99. The van der Waals surface area contributed by atoms with Gasteiger partial charge < -0.3 is 15.7 Å². The predicted octanol–water partition coefficient (Wildman–Crippen LogP) is 0.0734. The van der Waals surface area contributed by atoms with Crippen LogP contribution < -0.4 is 10.6 Å². The van der Waals surface area contributed by atoms with Gasteiger partial charge >= 0.3 is 5.97 Å². The Morgan fingerprint density at radius 3 is 3.00 bits per heavy atom. The number of hydrogen-bond acceptors (Lipinski definition) is 5. The molecule has 1 aliphatic heterocycles. The van der Waals surface area contributed by atoms with Crippen molar-refractivity contribution in [2.45, 2.75) is 12.0 Å². The zero-order chi connectivity index (χ0) is 11.8. The lowest BCUT2D eigenvalue weighted by atomic mass is 10.0. The largest absolute Gasteiger partial charge is 0.480 e.